The van der Waals surface area contributed by atoms with Crippen molar-refractivity contribution in [2.75, 3.05) is 25.1 Å². The Morgan fingerprint density at radius 1 is 1.04 bits per heavy atom. The molecule has 3 rings (SSSR count). The molecule has 2 amide bonds. The van der Waals surface area contributed by atoms with Gasteiger partial charge in [0.1, 0.15) is 40.1 Å². The normalized spacial score (nSPS) is 12.9. The average Bonchev–Trinajstić information content (AvgIpc) is 3.55. The number of ketones is 1. The molecule has 268 valence electrons. The largest absolute Gasteiger partial charge is 0.497 e. The van der Waals surface area contributed by atoms with E-state index in [0.717, 1.165) is 28.2 Å². The zero-order valence-corrected chi connectivity index (χ0v) is 29.2. The number of nitrogens with zero attached hydrogens (tertiary/aromatic N) is 3. The van der Waals surface area contributed by atoms with Gasteiger partial charge in [-0.25, -0.2) is 36.1 Å². The molecule has 2 aromatic carbocycles. The van der Waals surface area contributed by atoms with Crippen molar-refractivity contribution < 1.29 is 51.3 Å². The molecule has 2 atom stereocenters. The fourth-order valence-corrected chi connectivity index (χ4v) is 7.49. The zero-order chi connectivity index (χ0) is 36.5. The number of carbonyl (C=O) groups excluding carboxylic acids is 1. The minimum Gasteiger partial charge on any atom is -0.497 e. The molecule has 4 N–H and O–H groups in total. The molecule has 1 aromatic heterocycles. The van der Waals surface area contributed by atoms with E-state index >= 15 is 8.78 Å². The number of ether oxygens (including phenoxy) is 2. The van der Waals surface area contributed by atoms with Crippen molar-refractivity contribution in [2.45, 2.75) is 63.9 Å². The second-order valence-electron chi connectivity index (χ2n) is 11.9. The standard InChI is InChI=1S/C31H39F2N5O9S2/c1-18(37-30(42)43)22(15-31(2,3)10-11-34-29(40)41)25(39)9-7-19-12-27(24(33)14-23(19)32)49(44,45)38(28-35-17-36-48-28)16-20-6-8-21(46-4)13-26(20)47-5/h6,8,12-14,17-18,22,34,37H,7,9-11,15-16H2,1-5H3,(H,40,41)(H,42,43)/t18-,22-/m1/s1. The van der Waals surface area contributed by atoms with Gasteiger partial charge in [0.2, 0.25) is 5.13 Å². The summed E-state index contributed by atoms with van der Waals surface area (Å²) in [4.78, 5) is 38.9. The van der Waals surface area contributed by atoms with Gasteiger partial charge in [-0.1, -0.05) is 13.8 Å². The van der Waals surface area contributed by atoms with E-state index in [1.807, 2.05) is 0 Å². The molecule has 0 aliphatic rings. The first-order chi connectivity index (χ1) is 23.0. The Morgan fingerprint density at radius 3 is 2.35 bits per heavy atom. The van der Waals surface area contributed by atoms with E-state index in [4.69, 9.17) is 14.6 Å². The summed E-state index contributed by atoms with van der Waals surface area (Å²) in [6.45, 7) is 4.84. The van der Waals surface area contributed by atoms with Gasteiger partial charge >= 0.3 is 12.2 Å². The quantitative estimate of drug-likeness (QED) is 0.136. The first-order valence-electron chi connectivity index (χ1n) is 15.0. The molecule has 3 aromatic rings. The van der Waals surface area contributed by atoms with E-state index in [2.05, 4.69) is 20.0 Å². The van der Waals surface area contributed by atoms with E-state index < -0.39 is 61.9 Å². The maximum absolute atomic E-state index is 15.3. The van der Waals surface area contributed by atoms with Gasteiger partial charge in [-0.05, 0) is 55.4 Å². The minimum absolute atomic E-state index is 0.0951. The summed E-state index contributed by atoms with van der Waals surface area (Å²) >= 11 is 0.739. The van der Waals surface area contributed by atoms with Crippen LogP contribution in [0.5, 0.6) is 11.5 Å². The number of hydrogen-bond donors (Lipinski definition) is 4. The fourth-order valence-electron chi connectivity index (χ4n) is 5.26. The molecule has 14 nitrogen and oxygen atoms in total. The molecule has 0 unspecified atom stereocenters. The van der Waals surface area contributed by atoms with Crippen molar-refractivity contribution in [3.63, 3.8) is 0 Å². The highest BCUT2D eigenvalue weighted by molar-refractivity contribution is 7.93. The molecule has 49 heavy (non-hydrogen) atoms. The maximum Gasteiger partial charge on any atom is 0.404 e. The van der Waals surface area contributed by atoms with E-state index in [1.165, 1.54) is 21.1 Å². The van der Waals surface area contributed by atoms with Crippen molar-refractivity contribution >= 4 is 44.7 Å². The fraction of sp³-hybridized carbons (Fsp3) is 0.452. The molecular weight excluding hydrogens is 688 g/mol. The van der Waals surface area contributed by atoms with Gasteiger partial charge < -0.3 is 30.3 Å². The van der Waals surface area contributed by atoms with Crippen molar-refractivity contribution in [3.8, 4) is 11.5 Å². The summed E-state index contributed by atoms with van der Waals surface area (Å²) in [5, 5.41) is 22.6. The Morgan fingerprint density at radius 2 is 1.76 bits per heavy atom. The van der Waals surface area contributed by atoms with Crippen LogP contribution < -0.4 is 24.4 Å². The van der Waals surface area contributed by atoms with Gasteiger partial charge in [0.25, 0.3) is 10.0 Å². The zero-order valence-electron chi connectivity index (χ0n) is 27.5. The van der Waals surface area contributed by atoms with Crippen LogP contribution in [-0.4, -0.2) is 72.8 Å². The van der Waals surface area contributed by atoms with Crippen LogP contribution in [0.15, 0.2) is 41.6 Å². The number of methoxy groups -OCH3 is 2. The Balaban J connectivity index is 1.93. The van der Waals surface area contributed by atoms with E-state index in [-0.39, 0.29) is 48.8 Å². The lowest BCUT2D eigenvalue weighted by Gasteiger charge is -2.32. The van der Waals surface area contributed by atoms with E-state index in [1.54, 1.807) is 32.0 Å². The van der Waals surface area contributed by atoms with Crippen molar-refractivity contribution in [1.82, 2.24) is 20.0 Å². The Bertz CT molecular complexity index is 1740. The monoisotopic (exact) mass is 727 g/mol. The number of sulfonamides is 1. The number of carbonyl (C=O) groups is 3. The number of benzene rings is 2. The lowest BCUT2D eigenvalue weighted by atomic mass is 9.75. The highest BCUT2D eigenvalue weighted by Gasteiger charge is 2.34. The first-order valence-corrected chi connectivity index (χ1v) is 17.2. The maximum atomic E-state index is 15.3. The third-order valence-electron chi connectivity index (χ3n) is 7.90. The highest BCUT2D eigenvalue weighted by atomic mass is 32.2. The van der Waals surface area contributed by atoms with Crippen LogP contribution in [0.2, 0.25) is 0 Å². The topological polar surface area (TPSA) is 197 Å². The molecule has 0 spiro atoms. The number of hydrogen-bond acceptors (Lipinski definition) is 10. The summed E-state index contributed by atoms with van der Waals surface area (Å²) in [5.41, 5.74) is -0.484. The highest BCUT2D eigenvalue weighted by Crippen LogP contribution is 2.34. The molecule has 0 bridgehead atoms. The van der Waals surface area contributed by atoms with Crippen LogP contribution in [0.3, 0.4) is 0 Å². The number of amides is 2. The Labute approximate surface area is 286 Å². The molecular formula is C31H39F2N5O9S2. The predicted molar refractivity (Wildman–Crippen MR) is 176 cm³/mol. The minimum atomic E-state index is -4.75. The summed E-state index contributed by atoms with van der Waals surface area (Å²) < 4.78 is 73.8. The van der Waals surface area contributed by atoms with Crippen molar-refractivity contribution in [3.05, 3.63) is 59.4 Å². The lowest BCUT2D eigenvalue weighted by molar-refractivity contribution is -0.124. The summed E-state index contributed by atoms with van der Waals surface area (Å²) in [7, 11) is -1.91. The van der Waals surface area contributed by atoms with E-state index in [0.29, 0.717) is 23.8 Å². The van der Waals surface area contributed by atoms with Crippen LogP contribution in [0.1, 0.15) is 51.2 Å². The number of aryl methyl sites for hydroxylation is 1. The predicted octanol–water partition coefficient (Wildman–Crippen LogP) is 5.08. The number of anilines is 1. The van der Waals surface area contributed by atoms with Gasteiger partial charge in [-0.3, -0.25) is 4.79 Å². The summed E-state index contributed by atoms with van der Waals surface area (Å²) in [6, 6.07) is 5.11. The molecule has 18 heteroatoms. The van der Waals surface area contributed by atoms with Crippen molar-refractivity contribution in [2.24, 2.45) is 11.3 Å². The number of halogens is 2. The smallest absolute Gasteiger partial charge is 0.404 e. The molecule has 0 fully saturated rings. The van der Waals surface area contributed by atoms with Crippen LogP contribution in [0, 0.1) is 23.0 Å². The van der Waals surface area contributed by atoms with Gasteiger partial charge in [0.05, 0.1) is 20.8 Å². The number of rotatable bonds is 18. The number of Topliss-reactive ketones (excluding diaryl/α,β-unsaturated/α-hetero) is 1. The van der Waals surface area contributed by atoms with Gasteiger partial charge in [-0.2, -0.15) is 4.37 Å². The number of nitrogens with one attached hydrogen (secondary N) is 2. The van der Waals surface area contributed by atoms with Crippen molar-refractivity contribution in [1.29, 1.82) is 0 Å². The molecule has 0 aliphatic heterocycles. The third kappa shape index (κ3) is 10.5. The summed E-state index contributed by atoms with van der Waals surface area (Å²) in [6.07, 6.45) is -1.59. The lowest BCUT2D eigenvalue weighted by Crippen LogP contribution is -2.43. The van der Waals surface area contributed by atoms with E-state index in [9.17, 15) is 27.9 Å². The molecule has 0 radical (unpaired) electrons. The first kappa shape index (κ1) is 38.9. The van der Waals surface area contributed by atoms with Crippen LogP contribution in [-0.2, 0) is 27.8 Å². The SMILES string of the molecule is COc1ccc(CN(c2ncns2)S(=O)(=O)c2cc(CCC(=O)[C@H](CC(C)(C)CCNC(=O)O)[C@@H](C)NC(=O)O)c(F)cc2F)c(OC)c1. The van der Waals surface area contributed by atoms with Crippen LogP contribution >= 0.6 is 11.5 Å². The third-order valence-corrected chi connectivity index (χ3v) is 10.5. The number of carboxylic acid groups (broad SMARTS) is 2. The van der Waals surface area contributed by atoms with Gasteiger partial charge in [0, 0.05) is 54.2 Å². The number of aromatic nitrogens is 2. The molecule has 0 aliphatic carbocycles. The average molecular weight is 728 g/mol. The second kappa shape index (κ2) is 16.7. The Kier molecular flexibility index (Phi) is 13.2. The Hall–Kier alpha value is -4.58. The van der Waals surface area contributed by atoms with Gasteiger partial charge in [0.15, 0.2) is 0 Å². The van der Waals surface area contributed by atoms with Gasteiger partial charge in [-0.15, -0.1) is 0 Å². The summed E-state index contributed by atoms with van der Waals surface area (Å²) in [5.74, 6) is -3.05. The molecule has 0 saturated carbocycles. The van der Waals surface area contributed by atoms with Crippen LogP contribution in [0.4, 0.5) is 23.5 Å². The molecule has 1 heterocycles. The molecule has 0 saturated heterocycles. The van der Waals surface area contributed by atoms with Crippen LogP contribution in [0.25, 0.3) is 0 Å². The second-order valence-corrected chi connectivity index (χ2v) is 14.5.